The van der Waals surface area contributed by atoms with Crippen molar-refractivity contribution in [3.63, 3.8) is 0 Å². The van der Waals surface area contributed by atoms with Gasteiger partial charge in [-0.25, -0.2) is 0 Å². The fraction of sp³-hybridized carbons (Fsp3) is 0.467. The summed E-state index contributed by atoms with van der Waals surface area (Å²) in [5.74, 6) is -0.997. The van der Waals surface area contributed by atoms with Gasteiger partial charge in [-0.15, -0.1) is 0 Å². The standard InChI is InChI=1S/C15H18N2O2/c1-15(19)8-5-9-17(11-15)14(18)13(10-16)12-6-3-2-4-7-12/h2-4,6-7,13,19H,5,8-9,11H2,1H3. The lowest BCUT2D eigenvalue weighted by Gasteiger charge is -2.37. The molecule has 0 radical (unpaired) electrons. The van der Waals surface area contributed by atoms with Gasteiger partial charge in [-0.3, -0.25) is 4.79 Å². The van der Waals surface area contributed by atoms with Gasteiger partial charge < -0.3 is 10.0 Å². The fourth-order valence-corrected chi connectivity index (χ4v) is 2.51. The maximum absolute atomic E-state index is 12.4. The Morgan fingerprint density at radius 3 is 2.74 bits per heavy atom. The Balaban J connectivity index is 2.16. The molecular weight excluding hydrogens is 240 g/mol. The van der Waals surface area contributed by atoms with Crippen molar-refractivity contribution in [1.82, 2.24) is 4.90 Å². The molecule has 2 rings (SSSR count). The first-order valence-corrected chi connectivity index (χ1v) is 6.49. The molecule has 0 saturated carbocycles. The second kappa shape index (κ2) is 5.41. The van der Waals surface area contributed by atoms with Crippen LogP contribution in [0, 0.1) is 11.3 Å². The molecule has 0 aliphatic carbocycles. The SMILES string of the molecule is CC1(O)CCCN(C(=O)C(C#N)c2ccccc2)C1. The molecule has 19 heavy (non-hydrogen) atoms. The number of carbonyl (C=O) groups is 1. The zero-order valence-electron chi connectivity index (χ0n) is 11.0. The lowest BCUT2D eigenvalue weighted by atomic mass is 9.92. The summed E-state index contributed by atoms with van der Waals surface area (Å²) in [6.45, 7) is 2.65. The number of likely N-dealkylation sites (tertiary alicyclic amines) is 1. The molecule has 1 aliphatic rings. The summed E-state index contributed by atoms with van der Waals surface area (Å²) >= 11 is 0. The van der Waals surface area contributed by atoms with E-state index in [1.807, 2.05) is 18.2 Å². The number of piperidine rings is 1. The highest BCUT2D eigenvalue weighted by molar-refractivity contribution is 5.86. The Morgan fingerprint density at radius 1 is 1.47 bits per heavy atom. The first-order valence-electron chi connectivity index (χ1n) is 6.49. The number of aliphatic hydroxyl groups is 1. The Hall–Kier alpha value is -1.86. The highest BCUT2D eigenvalue weighted by Crippen LogP contribution is 2.24. The zero-order valence-corrected chi connectivity index (χ0v) is 11.0. The summed E-state index contributed by atoms with van der Waals surface area (Å²) < 4.78 is 0. The first-order chi connectivity index (χ1) is 9.03. The maximum Gasteiger partial charge on any atom is 0.244 e. The van der Waals surface area contributed by atoms with Crippen molar-refractivity contribution in [1.29, 1.82) is 5.26 Å². The second-order valence-corrected chi connectivity index (χ2v) is 5.33. The van der Waals surface area contributed by atoms with Crippen LogP contribution in [0.25, 0.3) is 0 Å². The molecular formula is C15H18N2O2. The van der Waals surface area contributed by atoms with E-state index in [0.29, 0.717) is 25.1 Å². The number of amides is 1. The third-order valence-electron chi connectivity index (χ3n) is 3.50. The number of hydrogen-bond donors (Lipinski definition) is 1. The topological polar surface area (TPSA) is 64.3 Å². The van der Waals surface area contributed by atoms with Crippen LogP contribution in [-0.4, -0.2) is 34.6 Å². The maximum atomic E-state index is 12.4. The van der Waals surface area contributed by atoms with E-state index in [2.05, 4.69) is 6.07 Å². The van der Waals surface area contributed by atoms with Gasteiger partial charge in [0.2, 0.25) is 5.91 Å². The molecule has 2 unspecified atom stereocenters. The summed E-state index contributed by atoms with van der Waals surface area (Å²) in [7, 11) is 0. The second-order valence-electron chi connectivity index (χ2n) is 5.33. The van der Waals surface area contributed by atoms with Crippen molar-refractivity contribution in [2.45, 2.75) is 31.3 Å². The van der Waals surface area contributed by atoms with E-state index >= 15 is 0 Å². The van der Waals surface area contributed by atoms with E-state index in [1.165, 1.54) is 0 Å². The number of nitriles is 1. The zero-order chi connectivity index (χ0) is 13.9. The van der Waals surface area contributed by atoms with Crippen LogP contribution in [0.2, 0.25) is 0 Å². The highest BCUT2D eigenvalue weighted by Gasteiger charge is 2.34. The van der Waals surface area contributed by atoms with Crippen molar-refractivity contribution in [2.75, 3.05) is 13.1 Å². The minimum Gasteiger partial charge on any atom is -0.388 e. The third-order valence-corrected chi connectivity index (χ3v) is 3.50. The Labute approximate surface area is 113 Å². The number of benzene rings is 1. The molecule has 1 aromatic rings. The van der Waals surface area contributed by atoms with Crippen LogP contribution in [0.15, 0.2) is 30.3 Å². The molecule has 4 nitrogen and oxygen atoms in total. The molecule has 1 fully saturated rings. The largest absolute Gasteiger partial charge is 0.388 e. The molecule has 1 aromatic carbocycles. The van der Waals surface area contributed by atoms with Gasteiger partial charge in [0, 0.05) is 13.1 Å². The van der Waals surface area contributed by atoms with Crippen LogP contribution < -0.4 is 0 Å². The fourth-order valence-electron chi connectivity index (χ4n) is 2.51. The third kappa shape index (κ3) is 3.12. The normalized spacial score (nSPS) is 24.6. The van der Waals surface area contributed by atoms with Crippen LogP contribution in [0.4, 0.5) is 0 Å². The lowest BCUT2D eigenvalue weighted by molar-refractivity contribution is -0.137. The van der Waals surface area contributed by atoms with Gasteiger partial charge in [-0.1, -0.05) is 30.3 Å². The van der Waals surface area contributed by atoms with Gasteiger partial charge in [0.1, 0.15) is 5.92 Å². The number of β-amino-alcohol motifs (C(OH)–C–C–N with tert-alkyl or cyclic N) is 1. The van der Waals surface area contributed by atoms with Gasteiger partial charge in [-0.05, 0) is 25.3 Å². The van der Waals surface area contributed by atoms with E-state index in [1.54, 1.807) is 24.0 Å². The molecule has 1 saturated heterocycles. The summed E-state index contributed by atoms with van der Waals surface area (Å²) in [5.41, 5.74) is -0.134. The number of carbonyl (C=O) groups excluding carboxylic acids is 1. The van der Waals surface area contributed by atoms with E-state index in [-0.39, 0.29) is 5.91 Å². The van der Waals surface area contributed by atoms with Crippen LogP contribution in [0.1, 0.15) is 31.2 Å². The lowest BCUT2D eigenvalue weighted by Crippen LogP contribution is -2.49. The number of rotatable bonds is 2. The monoisotopic (exact) mass is 258 g/mol. The summed E-state index contributed by atoms with van der Waals surface area (Å²) in [6.07, 6.45) is 1.46. The van der Waals surface area contributed by atoms with E-state index in [0.717, 1.165) is 6.42 Å². The quantitative estimate of drug-likeness (QED) is 0.877. The van der Waals surface area contributed by atoms with Crippen molar-refractivity contribution >= 4 is 5.91 Å². The minimum atomic E-state index is -0.843. The Kier molecular flexibility index (Phi) is 3.87. The minimum absolute atomic E-state index is 0.214. The molecule has 0 aromatic heterocycles. The predicted octanol–water partition coefficient (Wildman–Crippen LogP) is 1.67. The predicted molar refractivity (Wildman–Crippen MR) is 71.2 cm³/mol. The average Bonchev–Trinajstić information content (AvgIpc) is 2.39. The molecule has 1 N–H and O–H groups in total. The van der Waals surface area contributed by atoms with Crippen LogP contribution in [-0.2, 0) is 4.79 Å². The molecule has 1 heterocycles. The van der Waals surface area contributed by atoms with Crippen LogP contribution in [0.3, 0.4) is 0 Å². The van der Waals surface area contributed by atoms with Gasteiger partial charge in [0.05, 0.1) is 11.7 Å². The molecule has 2 atom stereocenters. The van der Waals surface area contributed by atoms with Gasteiger partial charge >= 0.3 is 0 Å². The van der Waals surface area contributed by atoms with Gasteiger partial charge in [0.25, 0.3) is 0 Å². The Bertz CT molecular complexity index is 491. The summed E-state index contributed by atoms with van der Waals surface area (Å²) in [5, 5.41) is 19.3. The molecule has 4 heteroatoms. The number of nitrogens with zero attached hydrogens (tertiary/aromatic N) is 2. The Morgan fingerprint density at radius 2 is 2.16 bits per heavy atom. The first kappa shape index (κ1) is 13.6. The summed E-state index contributed by atoms with van der Waals surface area (Å²) in [4.78, 5) is 14.0. The van der Waals surface area contributed by atoms with Crippen molar-refractivity contribution in [2.24, 2.45) is 0 Å². The smallest absolute Gasteiger partial charge is 0.244 e. The van der Waals surface area contributed by atoms with E-state index in [9.17, 15) is 15.2 Å². The molecule has 100 valence electrons. The van der Waals surface area contributed by atoms with Crippen molar-refractivity contribution < 1.29 is 9.90 Å². The molecule has 0 spiro atoms. The number of hydrogen-bond acceptors (Lipinski definition) is 3. The van der Waals surface area contributed by atoms with Crippen LogP contribution >= 0.6 is 0 Å². The molecule has 0 bridgehead atoms. The van der Waals surface area contributed by atoms with E-state index < -0.39 is 11.5 Å². The molecule has 1 amide bonds. The highest BCUT2D eigenvalue weighted by atomic mass is 16.3. The average molecular weight is 258 g/mol. The van der Waals surface area contributed by atoms with Gasteiger partial charge in [-0.2, -0.15) is 5.26 Å². The molecule has 1 aliphatic heterocycles. The van der Waals surface area contributed by atoms with Crippen molar-refractivity contribution in [3.8, 4) is 6.07 Å². The van der Waals surface area contributed by atoms with Crippen LogP contribution in [0.5, 0.6) is 0 Å². The van der Waals surface area contributed by atoms with E-state index in [4.69, 9.17) is 0 Å². The summed E-state index contributed by atoms with van der Waals surface area (Å²) in [6, 6.07) is 11.1. The van der Waals surface area contributed by atoms with Gasteiger partial charge in [0.15, 0.2) is 0 Å². The van der Waals surface area contributed by atoms with Crippen molar-refractivity contribution in [3.05, 3.63) is 35.9 Å².